The van der Waals surface area contributed by atoms with E-state index in [1.807, 2.05) is 37.3 Å². The molecule has 0 spiro atoms. The van der Waals surface area contributed by atoms with E-state index >= 15 is 0 Å². The fourth-order valence-corrected chi connectivity index (χ4v) is 2.22. The normalized spacial score (nSPS) is 10.7. The number of aryl methyl sites for hydroxylation is 1. The number of carbonyl (C=O) groups excluding carboxylic acids is 3. The molecule has 6 nitrogen and oxygen atoms in total. The average molecular weight is 354 g/mol. The summed E-state index contributed by atoms with van der Waals surface area (Å²) in [5.41, 5.74) is 5.86. The zero-order valence-corrected chi connectivity index (χ0v) is 15.0. The van der Waals surface area contributed by atoms with Crippen molar-refractivity contribution in [3.63, 3.8) is 0 Å². The summed E-state index contributed by atoms with van der Waals surface area (Å²) in [5, 5.41) is 0. The van der Waals surface area contributed by atoms with Gasteiger partial charge in [-0.25, -0.2) is 0 Å². The standard InChI is InChI=1S/C20H22N2O4/c1-14-9-11-15(12-10-14)18(24)22-21-17(23)13-26-19(25)20(2,3)16-7-5-4-6-8-16/h4-12H,13H2,1-3H3,(H,21,23)(H,22,24). The highest BCUT2D eigenvalue weighted by atomic mass is 16.5. The Bertz CT molecular complexity index is 783. The summed E-state index contributed by atoms with van der Waals surface area (Å²) >= 11 is 0. The SMILES string of the molecule is Cc1ccc(C(=O)NNC(=O)COC(=O)C(C)(C)c2ccccc2)cc1. The summed E-state index contributed by atoms with van der Waals surface area (Å²) in [4.78, 5) is 36.0. The first-order valence-corrected chi connectivity index (χ1v) is 8.19. The van der Waals surface area contributed by atoms with Gasteiger partial charge in [-0.3, -0.25) is 25.2 Å². The lowest BCUT2D eigenvalue weighted by molar-refractivity contribution is -0.153. The van der Waals surface area contributed by atoms with E-state index in [-0.39, 0.29) is 0 Å². The van der Waals surface area contributed by atoms with E-state index in [9.17, 15) is 14.4 Å². The third-order valence-corrected chi connectivity index (χ3v) is 3.97. The van der Waals surface area contributed by atoms with Crippen molar-refractivity contribution < 1.29 is 19.1 Å². The van der Waals surface area contributed by atoms with Crippen LogP contribution in [0.25, 0.3) is 0 Å². The van der Waals surface area contributed by atoms with Gasteiger partial charge in [-0.05, 0) is 38.5 Å². The Kier molecular flexibility index (Phi) is 6.11. The molecule has 0 saturated carbocycles. The van der Waals surface area contributed by atoms with Gasteiger partial charge in [0.25, 0.3) is 11.8 Å². The van der Waals surface area contributed by atoms with E-state index in [4.69, 9.17) is 4.74 Å². The van der Waals surface area contributed by atoms with Crippen LogP contribution in [-0.4, -0.2) is 24.4 Å². The van der Waals surface area contributed by atoms with Gasteiger partial charge < -0.3 is 4.74 Å². The molecule has 0 bridgehead atoms. The van der Waals surface area contributed by atoms with Crippen LogP contribution in [0, 0.1) is 6.92 Å². The van der Waals surface area contributed by atoms with Gasteiger partial charge in [0, 0.05) is 5.56 Å². The first-order valence-electron chi connectivity index (χ1n) is 8.19. The number of benzene rings is 2. The lowest BCUT2D eigenvalue weighted by Crippen LogP contribution is -2.44. The van der Waals surface area contributed by atoms with Crippen LogP contribution in [0.4, 0.5) is 0 Å². The second-order valence-electron chi connectivity index (χ2n) is 6.44. The van der Waals surface area contributed by atoms with Crippen LogP contribution in [-0.2, 0) is 19.7 Å². The van der Waals surface area contributed by atoms with Crippen molar-refractivity contribution in [3.05, 3.63) is 71.3 Å². The predicted molar refractivity (Wildman–Crippen MR) is 97.2 cm³/mol. The molecule has 6 heteroatoms. The van der Waals surface area contributed by atoms with Crippen molar-refractivity contribution in [2.24, 2.45) is 0 Å². The number of rotatable bonds is 5. The molecule has 0 aromatic heterocycles. The third kappa shape index (κ3) is 4.92. The number of ether oxygens (including phenoxy) is 1. The average Bonchev–Trinajstić information content (AvgIpc) is 2.65. The minimum absolute atomic E-state index is 0.415. The summed E-state index contributed by atoms with van der Waals surface area (Å²) in [6.45, 7) is 4.88. The van der Waals surface area contributed by atoms with Crippen LogP contribution >= 0.6 is 0 Å². The quantitative estimate of drug-likeness (QED) is 0.637. The molecule has 2 aromatic rings. The van der Waals surface area contributed by atoms with Crippen molar-refractivity contribution in [3.8, 4) is 0 Å². The first-order chi connectivity index (χ1) is 12.3. The van der Waals surface area contributed by atoms with Gasteiger partial charge in [0.1, 0.15) is 0 Å². The highest BCUT2D eigenvalue weighted by molar-refractivity contribution is 5.95. The Morgan fingerprint density at radius 1 is 0.923 bits per heavy atom. The van der Waals surface area contributed by atoms with E-state index in [0.29, 0.717) is 5.56 Å². The molecule has 0 aliphatic heterocycles. The number of carbonyl (C=O) groups is 3. The second kappa shape index (κ2) is 8.29. The van der Waals surface area contributed by atoms with Crippen molar-refractivity contribution in [1.82, 2.24) is 10.9 Å². The Morgan fingerprint density at radius 3 is 2.15 bits per heavy atom. The molecule has 136 valence electrons. The van der Waals surface area contributed by atoms with Gasteiger partial charge in [0.2, 0.25) is 0 Å². The molecule has 0 atom stereocenters. The smallest absolute Gasteiger partial charge is 0.316 e. The lowest BCUT2D eigenvalue weighted by atomic mass is 9.85. The van der Waals surface area contributed by atoms with Crippen LogP contribution in [0.5, 0.6) is 0 Å². The van der Waals surface area contributed by atoms with Gasteiger partial charge in [-0.2, -0.15) is 0 Å². The van der Waals surface area contributed by atoms with Gasteiger partial charge in [0.05, 0.1) is 5.41 Å². The van der Waals surface area contributed by atoms with Crippen LogP contribution < -0.4 is 10.9 Å². The van der Waals surface area contributed by atoms with Crippen molar-refractivity contribution >= 4 is 17.8 Å². The Balaban J connectivity index is 1.82. The largest absolute Gasteiger partial charge is 0.455 e. The summed E-state index contributed by atoms with van der Waals surface area (Å²) in [7, 11) is 0. The maximum absolute atomic E-state index is 12.3. The van der Waals surface area contributed by atoms with E-state index < -0.39 is 29.8 Å². The molecule has 0 radical (unpaired) electrons. The molecule has 0 unspecified atom stereocenters. The summed E-state index contributed by atoms with van der Waals surface area (Å²) < 4.78 is 5.07. The molecular weight excluding hydrogens is 332 g/mol. The Morgan fingerprint density at radius 2 is 1.54 bits per heavy atom. The number of amides is 2. The molecule has 2 aromatic carbocycles. The van der Waals surface area contributed by atoms with Crippen molar-refractivity contribution in [1.29, 1.82) is 0 Å². The number of esters is 1. The Labute approximate surface area is 152 Å². The molecule has 0 heterocycles. The summed E-state index contributed by atoms with van der Waals surface area (Å²) in [5.74, 6) is -1.60. The monoisotopic (exact) mass is 354 g/mol. The molecule has 2 N–H and O–H groups in total. The van der Waals surface area contributed by atoms with Crippen molar-refractivity contribution in [2.45, 2.75) is 26.2 Å². The number of hydrogen-bond acceptors (Lipinski definition) is 4. The molecule has 0 aliphatic carbocycles. The van der Waals surface area contributed by atoms with Gasteiger partial charge in [-0.1, -0.05) is 48.0 Å². The highest BCUT2D eigenvalue weighted by Gasteiger charge is 2.31. The number of hydrazine groups is 1. The molecule has 2 rings (SSSR count). The topological polar surface area (TPSA) is 84.5 Å². The van der Waals surface area contributed by atoms with E-state index in [0.717, 1.165) is 11.1 Å². The maximum atomic E-state index is 12.3. The molecule has 2 amide bonds. The molecule has 0 saturated heterocycles. The fraction of sp³-hybridized carbons (Fsp3) is 0.250. The molecule has 0 aliphatic rings. The summed E-state index contributed by atoms with van der Waals surface area (Å²) in [6.07, 6.45) is 0. The van der Waals surface area contributed by atoms with Gasteiger partial charge in [0.15, 0.2) is 6.61 Å². The van der Waals surface area contributed by atoms with E-state index in [1.54, 1.807) is 38.1 Å². The fourth-order valence-electron chi connectivity index (χ4n) is 2.22. The highest BCUT2D eigenvalue weighted by Crippen LogP contribution is 2.24. The lowest BCUT2D eigenvalue weighted by Gasteiger charge is -2.22. The van der Waals surface area contributed by atoms with E-state index in [1.165, 1.54) is 0 Å². The van der Waals surface area contributed by atoms with E-state index in [2.05, 4.69) is 10.9 Å². The van der Waals surface area contributed by atoms with Crippen molar-refractivity contribution in [2.75, 3.05) is 6.61 Å². The zero-order chi connectivity index (χ0) is 19.2. The molecule has 0 fully saturated rings. The van der Waals surface area contributed by atoms with Crippen LogP contribution in [0.2, 0.25) is 0 Å². The first kappa shape index (κ1) is 19.2. The third-order valence-electron chi connectivity index (χ3n) is 3.97. The second-order valence-corrected chi connectivity index (χ2v) is 6.44. The number of nitrogens with one attached hydrogen (secondary N) is 2. The minimum Gasteiger partial charge on any atom is -0.455 e. The van der Waals surface area contributed by atoms with Crippen LogP contribution in [0.3, 0.4) is 0 Å². The Hall–Kier alpha value is -3.15. The minimum atomic E-state index is -0.882. The maximum Gasteiger partial charge on any atom is 0.316 e. The molecule has 26 heavy (non-hydrogen) atoms. The van der Waals surface area contributed by atoms with Gasteiger partial charge in [-0.15, -0.1) is 0 Å². The number of hydrogen-bond donors (Lipinski definition) is 2. The zero-order valence-electron chi connectivity index (χ0n) is 15.0. The van der Waals surface area contributed by atoms with Crippen LogP contribution in [0.1, 0.15) is 35.3 Å². The predicted octanol–water partition coefficient (Wildman–Crippen LogP) is 2.28. The molecular formula is C20H22N2O4. The van der Waals surface area contributed by atoms with Gasteiger partial charge >= 0.3 is 5.97 Å². The summed E-state index contributed by atoms with van der Waals surface area (Å²) in [6, 6.07) is 16.1. The van der Waals surface area contributed by atoms with Crippen LogP contribution in [0.15, 0.2) is 54.6 Å².